The number of hydrogen-bond donors (Lipinski definition) is 2. The van der Waals surface area contributed by atoms with Crippen LogP contribution in [0, 0.1) is 41.5 Å². The fourth-order valence-corrected chi connectivity index (χ4v) is 6.13. The third kappa shape index (κ3) is 19.2. The van der Waals surface area contributed by atoms with E-state index in [1.54, 1.807) is 0 Å². The number of carbonyl (C=O) groups excluding carboxylic acids is 2. The molecule has 284 valence electrons. The van der Waals surface area contributed by atoms with Gasteiger partial charge in [-0.3, -0.25) is 9.59 Å². The van der Waals surface area contributed by atoms with Gasteiger partial charge in [0, 0.05) is 180 Å². The fourth-order valence-electron chi connectivity index (χ4n) is 6.13. The van der Waals surface area contributed by atoms with Crippen molar-refractivity contribution in [3.63, 3.8) is 0 Å². The summed E-state index contributed by atoms with van der Waals surface area (Å²) >= 11 is 0. The molecule has 4 aromatic rings. The van der Waals surface area contributed by atoms with E-state index < -0.39 is 0 Å². The summed E-state index contributed by atoms with van der Waals surface area (Å²) in [6.07, 6.45) is 3.93. The van der Waals surface area contributed by atoms with Crippen LogP contribution in [0.1, 0.15) is 55.4 Å². The molecule has 2 heterocycles. The Kier molecular flexibility index (Phi) is 42.6. The minimum absolute atomic E-state index is 0. The van der Waals surface area contributed by atoms with E-state index in [1.807, 2.05) is 84.9 Å². The second-order valence-corrected chi connectivity index (χ2v) is 11.8. The zero-order chi connectivity index (χ0) is 30.7. The third-order valence-electron chi connectivity index (χ3n) is 8.81. The van der Waals surface area contributed by atoms with Crippen molar-refractivity contribution in [1.29, 1.82) is 0 Å². The van der Waals surface area contributed by atoms with Gasteiger partial charge in [0.05, 0.1) is 0 Å². The van der Waals surface area contributed by atoms with Crippen LogP contribution in [0.4, 0.5) is 0 Å². The SMILES string of the molecule is C.CC(c1ccccc1)C1CNCC(C(C)c2ccccc2)C1=O.O.O=C1/C(=C/c2ccccc2)CNC/C1=C\c1ccccc1.[CH3-].[CH3-].[CH3-].[CH3-].[Y].[Y].[Y].[Y]. The van der Waals surface area contributed by atoms with Crippen molar-refractivity contribution in [2.45, 2.75) is 33.1 Å². The van der Waals surface area contributed by atoms with Crippen molar-refractivity contribution in [3.8, 4) is 0 Å². The molecule has 6 rings (SSSR count). The Morgan fingerprint density at radius 2 is 0.815 bits per heavy atom. The normalized spacial score (nSPS) is 17.7. The number of benzene rings is 4. The Labute approximate surface area is 429 Å². The van der Waals surface area contributed by atoms with E-state index in [9.17, 15) is 9.59 Å². The van der Waals surface area contributed by atoms with Crippen molar-refractivity contribution >= 4 is 23.7 Å². The molecule has 0 amide bonds. The molecule has 9 heteroatoms. The average molecular weight is 1030 g/mol. The van der Waals surface area contributed by atoms with Gasteiger partial charge in [0.2, 0.25) is 0 Å². The van der Waals surface area contributed by atoms with Gasteiger partial charge in [-0.25, -0.2) is 0 Å². The Morgan fingerprint density at radius 1 is 0.519 bits per heavy atom. The smallest absolute Gasteiger partial charge is 0.187 e. The zero-order valence-corrected chi connectivity index (χ0v) is 43.8. The van der Waals surface area contributed by atoms with Crippen LogP contribution in [0.5, 0.6) is 0 Å². The molecule has 0 aliphatic carbocycles. The molecule has 4 radical (unpaired) electrons. The minimum Gasteiger partial charge on any atom is -0.412 e. The Bertz CT molecular complexity index is 1470. The summed E-state index contributed by atoms with van der Waals surface area (Å²) in [5.74, 6) is 1.17. The molecular formula is C45H60N2O3Y4-4. The first kappa shape index (κ1) is 65.8. The van der Waals surface area contributed by atoms with Crippen LogP contribution < -0.4 is 10.6 Å². The van der Waals surface area contributed by atoms with Crippen molar-refractivity contribution in [2.75, 3.05) is 26.2 Å². The molecule has 2 fully saturated rings. The van der Waals surface area contributed by atoms with E-state index in [4.69, 9.17) is 0 Å². The summed E-state index contributed by atoms with van der Waals surface area (Å²) in [7, 11) is 0. The maximum absolute atomic E-state index is 13.1. The van der Waals surface area contributed by atoms with Gasteiger partial charge in [-0.2, -0.15) is 0 Å². The molecule has 2 aliphatic heterocycles. The van der Waals surface area contributed by atoms with Gasteiger partial charge in [0.25, 0.3) is 0 Å². The van der Waals surface area contributed by atoms with E-state index in [0.29, 0.717) is 18.9 Å². The summed E-state index contributed by atoms with van der Waals surface area (Å²) in [6, 6.07) is 40.7. The summed E-state index contributed by atoms with van der Waals surface area (Å²) in [5, 5.41) is 6.79. The standard InChI is InChI=1S/C21H25NO.C19H17NO.CH4.4CH3.H2O.4Y/c1-15(17-9-5-3-6-10-17)19-13-22-14-20(21(19)23)16(2)18-11-7-4-8-12-18;21-19-17(11-15-7-3-1-4-8-15)13-20-14-18(19)12-16-9-5-2-6-10-16;;;;;;;;;;/h3-12,15-16,19-20,22H,13-14H2,1-2H3;1-12,20H,13-14H2;1H4;4*1H3;1H2;;;;/q;;;4*-1;;;;;/b;17-11+,18-12+;;;;;;;;;;. The largest absolute Gasteiger partial charge is 0.412 e. The first-order valence-corrected chi connectivity index (χ1v) is 15.6. The van der Waals surface area contributed by atoms with Gasteiger partial charge in [0.15, 0.2) is 5.78 Å². The van der Waals surface area contributed by atoms with E-state index >= 15 is 0 Å². The molecule has 0 aromatic heterocycles. The Hall–Kier alpha value is -0.00442. The molecule has 54 heavy (non-hydrogen) atoms. The summed E-state index contributed by atoms with van der Waals surface area (Å²) in [6.45, 7) is 7.17. The van der Waals surface area contributed by atoms with Gasteiger partial charge < -0.3 is 45.8 Å². The zero-order valence-electron chi connectivity index (χ0n) is 32.5. The monoisotopic (exact) mass is 1030 g/mol. The molecular weight excluding hydrogens is 972 g/mol. The van der Waals surface area contributed by atoms with Gasteiger partial charge >= 0.3 is 0 Å². The summed E-state index contributed by atoms with van der Waals surface area (Å²) in [4.78, 5) is 25.7. The van der Waals surface area contributed by atoms with Gasteiger partial charge in [-0.1, -0.05) is 143 Å². The maximum Gasteiger partial charge on any atom is 0.187 e. The van der Waals surface area contributed by atoms with Crippen LogP contribution >= 0.6 is 0 Å². The third-order valence-corrected chi connectivity index (χ3v) is 8.81. The van der Waals surface area contributed by atoms with Crippen LogP contribution in [0.15, 0.2) is 132 Å². The van der Waals surface area contributed by atoms with Gasteiger partial charge in [-0.15, -0.1) is 0 Å². The quantitative estimate of drug-likeness (QED) is 0.149. The van der Waals surface area contributed by atoms with Gasteiger partial charge in [-0.05, 0) is 46.2 Å². The Balaban J connectivity index is -0.000000180. The number of carbonyl (C=O) groups is 2. The van der Waals surface area contributed by atoms with Crippen LogP contribution in [-0.2, 0) is 140 Å². The number of ketones is 2. The number of nitrogens with one attached hydrogen (secondary N) is 2. The second kappa shape index (κ2) is 35.0. The number of rotatable bonds is 6. The van der Waals surface area contributed by atoms with Gasteiger partial charge in [0.1, 0.15) is 5.78 Å². The summed E-state index contributed by atoms with van der Waals surface area (Å²) in [5.41, 5.74) is 6.25. The molecule has 4 unspecified atom stereocenters. The van der Waals surface area contributed by atoms with Crippen molar-refractivity contribution in [3.05, 3.63) is 184 Å². The molecule has 5 nitrogen and oxygen atoms in total. The molecule has 4 aromatic carbocycles. The first-order valence-electron chi connectivity index (χ1n) is 15.6. The van der Waals surface area contributed by atoms with E-state index in [0.717, 1.165) is 35.4 Å². The predicted molar refractivity (Wildman–Crippen MR) is 217 cm³/mol. The maximum atomic E-state index is 13.1. The molecule has 0 spiro atoms. The first-order chi connectivity index (χ1) is 21.5. The van der Waals surface area contributed by atoms with E-state index in [-0.39, 0.29) is 203 Å². The molecule has 4 atom stereocenters. The number of Topliss-reactive ketones (excluding diaryl/α,β-unsaturated/α-hetero) is 2. The number of piperidine rings is 2. The van der Waals surface area contributed by atoms with Crippen molar-refractivity contribution < 1.29 is 146 Å². The number of hydrogen-bond acceptors (Lipinski definition) is 4. The second-order valence-electron chi connectivity index (χ2n) is 11.8. The van der Waals surface area contributed by atoms with E-state index in [1.165, 1.54) is 11.1 Å². The fraction of sp³-hybridized carbons (Fsp3) is 0.244. The topological polar surface area (TPSA) is 89.7 Å². The Morgan fingerprint density at radius 3 is 1.13 bits per heavy atom. The van der Waals surface area contributed by atoms with Crippen LogP contribution in [0.2, 0.25) is 0 Å². The van der Waals surface area contributed by atoms with Crippen LogP contribution in [0.3, 0.4) is 0 Å². The molecule has 4 N–H and O–H groups in total. The van der Waals surface area contributed by atoms with Crippen LogP contribution in [-0.4, -0.2) is 43.2 Å². The van der Waals surface area contributed by atoms with Crippen molar-refractivity contribution in [1.82, 2.24) is 10.6 Å². The predicted octanol–water partition coefficient (Wildman–Crippen LogP) is 8.93. The summed E-state index contributed by atoms with van der Waals surface area (Å²) < 4.78 is 0. The molecule has 2 saturated heterocycles. The molecule has 0 saturated carbocycles. The minimum atomic E-state index is 0. The van der Waals surface area contributed by atoms with E-state index in [2.05, 4.69) is 73.0 Å². The molecule has 2 aliphatic rings. The average Bonchev–Trinajstić information content (AvgIpc) is 3.08. The van der Waals surface area contributed by atoms with Crippen LogP contribution in [0.25, 0.3) is 12.2 Å². The van der Waals surface area contributed by atoms with Crippen molar-refractivity contribution in [2.24, 2.45) is 11.8 Å². The molecule has 0 bridgehead atoms.